The number of aromatic nitrogens is 1. The minimum absolute atomic E-state index is 0.130. The Labute approximate surface area is 192 Å². The van der Waals surface area contributed by atoms with E-state index in [1.807, 2.05) is 42.3 Å². The number of carbonyl (C=O) groups excluding carboxylic acids is 1. The highest BCUT2D eigenvalue weighted by Gasteiger charge is 2.29. The molecule has 4 rings (SSSR count). The normalized spacial score (nSPS) is 13.8. The molecule has 168 valence electrons. The Morgan fingerprint density at radius 1 is 1.16 bits per heavy atom. The molecule has 1 aromatic heterocycles. The first kappa shape index (κ1) is 22.3. The van der Waals surface area contributed by atoms with Crippen LogP contribution in [-0.4, -0.2) is 28.3 Å². The lowest BCUT2D eigenvalue weighted by atomic mass is 10.2. The first-order valence-corrected chi connectivity index (χ1v) is 11.1. The minimum atomic E-state index is -0.679. The van der Waals surface area contributed by atoms with Crippen LogP contribution in [0.5, 0.6) is 5.75 Å². The molecule has 1 aliphatic carbocycles. The number of carbonyl (C=O) groups is 1. The molecular weight excluding hydrogens is 427 g/mol. The largest absolute Gasteiger partial charge is 0.487 e. The van der Waals surface area contributed by atoms with Gasteiger partial charge in [0.25, 0.3) is 0 Å². The van der Waals surface area contributed by atoms with Crippen LogP contribution < -0.4 is 9.64 Å². The van der Waals surface area contributed by atoms with E-state index in [2.05, 4.69) is 0 Å². The highest BCUT2D eigenvalue weighted by atomic mass is 32.1. The maximum absolute atomic E-state index is 13.9. The quantitative estimate of drug-likeness (QED) is 0.422. The van der Waals surface area contributed by atoms with Crippen molar-refractivity contribution in [3.8, 4) is 5.75 Å². The smallest absolute Gasteiger partial charge is 0.419 e. The summed E-state index contributed by atoms with van der Waals surface area (Å²) in [7, 11) is 1.98. The van der Waals surface area contributed by atoms with Crippen molar-refractivity contribution in [1.82, 2.24) is 4.57 Å². The molecule has 32 heavy (non-hydrogen) atoms. The van der Waals surface area contributed by atoms with Crippen LogP contribution in [0.25, 0.3) is 10.9 Å². The number of rotatable bonds is 5. The van der Waals surface area contributed by atoms with Crippen molar-refractivity contribution in [1.29, 1.82) is 0 Å². The van der Waals surface area contributed by atoms with Crippen molar-refractivity contribution >= 4 is 39.9 Å². The Morgan fingerprint density at radius 3 is 2.47 bits per heavy atom. The van der Waals surface area contributed by atoms with Gasteiger partial charge in [0.05, 0.1) is 16.2 Å². The highest BCUT2D eigenvalue weighted by Crippen LogP contribution is 2.33. The van der Waals surface area contributed by atoms with Gasteiger partial charge in [-0.15, -0.1) is 0 Å². The van der Waals surface area contributed by atoms with E-state index in [0.717, 1.165) is 16.1 Å². The monoisotopic (exact) mass is 454 g/mol. The summed E-state index contributed by atoms with van der Waals surface area (Å²) in [6, 6.07) is 13.8. The van der Waals surface area contributed by atoms with Gasteiger partial charge in [0.15, 0.2) is 0 Å². The van der Waals surface area contributed by atoms with Crippen molar-refractivity contribution in [3.63, 3.8) is 0 Å². The average Bonchev–Trinajstić information content (AvgIpc) is 3.51. The molecule has 0 unspecified atom stereocenters. The summed E-state index contributed by atoms with van der Waals surface area (Å²) >= 11 is 5.53. The lowest BCUT2D eigenvalue weighted by Crippen LogP contribution is -2.28. The molecule has 5 nitrogen and oxygen atoms in total. The zero-order valence-electron chi connectivity index (χ0n) is 18.7. The Bertz CT molecular complexity index is 1160. The third-order valence-electron chi connectivity index (χ3n) is 5.29. The number of ether oxygens (including phenoxy) is 2. The van der Waals surface area contributed by atoms with Gasteiger partial charge in [-0.3, -0.25) is 0 Å². The minimum Gasteiger partial charge on any atom is -0.487 e. The molecule has 0 amide bonds. The molecule has 0 radical (unpaired) electrons. The summed E-state index contributed by atoms with van der Waals surface area (Å²) in [5.41, 5.74) is 1.36. The maximum Gasteiger partial charge on any atom is 0.419 e. The topological polar surface area (TPSA) is 43.7 Å². The summed E-state index contributed by atoms with van der Waals surface area (Å²) in [6.07, 6.45) is 1.77. The zero-order valence-corrected chi connectivity index (χ0v) is 19.5. The summed E-state index contributed by atoms with van der Waals surface area (Å²) in [6.45, 7) is 5.51. The maximum atomic E-state index is 13.9. The Hall–Kier alpha value is -2.93. The number of benzene rings is 2. The molecule has 0 saturated heterocycles. The van der Waals surface area contributed by atoms with Gasteiger partial charge in [-0.25, -0.2) is 13.8 Å². The van der Waals surface area contributed by atoms with Crippen LogP contribution in [-0.2, 0) is 11.3 Å². The Balaban J connectivity index is 1.54. The van der Waals surface area contributed by atoms with E-state index in [9.17, 15) is 9.18 Å². The molecular formula is C25H27FN2O3S. The van der Waals surface area contributed by atoms with Crippen molar-refractivity contribution < 1.29 is 18.7 Å². The van der Waals surface area contributed by atoms with E-state index in [1.54, 1.807) is 26.8 Å². The fourth-order valence-corrected chi connectivity index (χ4v) is 3.86. The number of fused-ring (bicyclic) bond motifs is 1. The number of thiocarbonyl (C=S) groups is 1. The van der Waals surface area contributed by atoms with Crippen molar-refractivity contribution in [2.45, 2.75) is 45.8 Å². The van der Waals surface area contributed by atoms with E-state index < -0.39 is 17.5 Å². The summed E-state index contributed by atoms with van der Waals surface area (Å²) < 4.78 is 26.8. The molecule has 3 aromatic rings. The molecule has 1 saturated carbocycles. The predicted molar refractivity (Wildman–Crippen MR) is 128 cm³/mol. The first-order valence-electron chi connectivity index (χ1n) is 10.7. The van der Waals surface area contributed by atoms with Gasteiger partial charge < -0.3 is 14.4 Å². The Morgan fingerprint density at radius 2 is 1.84 bits per heavy atom. The molecule has 0 bridgehead atoms. The fraction of sp³-hybridized carbons (Fsp3) is 0.360. The molecule has 7 heteroatoms. The molecule has 0 aliphatic heterocycles. The van der Waals surface area contributed by atoms with Gasteiger partial charge in [-0.2, -0.15) is 0 Å². The van der Waals surface area contributed by atoms with Gasteiger partial charge in [-0.05, 0) is 82.1 Å². The molecule has 1 heterocycles. The number of hydrogen-bond acceptors (Lipinski definition) is 4. The van der Waals surface area contributed by atoms with E-state index in [4.69, 9.17) is 21.7 Å². The number of hydrogen-bond donors (Lipinski definition) is 0. The van der Waals surface area contributed by atoms with E-state index in [-0.39, 0.29) is 6.61 Å². The lowest BCUT2D eigenvalue weighted by molar-refractivity contribution is 0.0535. The highest BCUT2D eigenvalue weighted by molar-refractivity contribution is 7.80. The molecule has 1 aliphatic rings. The van der Waals surface area contributed by atoms with Crippen LogP contribution in [0.2, 0.25) is 0 Å². The first-order chi connectivity index (χ1) is 15.1. The second-order valence-corrected chi connectivity index (χ2v) is 9.53. The van der Waals surface area contributed by atoms with Gasteiger partial charge in [0.2, 0.25) is 0 Å². The predicted octanol–water partition coefficient (Wildman–Crippen LogP) is 6.32. The van der Waals surface area contributed by atoms with Gasteiger partial charge in [0, 0.05) is 24.0 Å². The lowest BCUT2D eigenvalue weighted by Gasteiger charge is -2.21. The fourth-order valence-electron chi connectivity index (χ4n) is 3.52. The molecule has 2 aromatic carbocycles. The van der Waals surface area contributed by atoms with Crippen molar-refractivity contribution in [3.05, 3.63) is 60.0 Å². The van der Waals surface area contributed by atoms with Crippen LogP contribution in [0.1, 0.15) is 39.3 Å². The molecule has 1 fully saturated rings. The second kappa shape index (κ2) is 8.54. The second-order valence-electron chi connectivity index (χ2n) is 9.11. The van der Waals surface area contributed by atoms with Crippen LogP contribution >= 0.6 is 12.2 Å². The number of halogens is 1. The zero-order chi connectivity index (χ0) is 23.0. The molecule has 0 atom stereocenters. The third kappa shape index (κ3) is 4.93. The SMILES string of the molecule is CN(C(=S)C1CC1)c1ccc(OCc2cc3ccc(F)cc3n2C(=O)OC(C)(C)C)cc1. The van der Waals surface area contributed by atoms with Crippen molar-refractivity contribution in [2.75, 3.05) is 11.9 Å². The Kier molecular flexibility index (Phi) is 5.95. The number of anilines is 1. The van der Waals surface area contributed by atoms with Crippen LogP contribution in [0.4, 0.5) is 14.9 Å². The third-order valence-corrected chi connectivity index (χ3v) is 5.89. The van der Waals surface area contributed by atoms with Gasteiger partial charge >= 0.3 is 6.09 Å². The molecule has 0 spiro atoms. The summed E-state index contributed by atoms with van der Waals surface area (Å²) in [4.78, 5) is 15.9. The summed E-state index contributed by atoms with van der Waals surface area (Å²) in [5.74, 6) is 0.758. The van der Waals surface area contributed by atoms with Crippen LogP contribution in [0.15, 0.2) is 48.5 Å². The van der Waals surface area contributed by atoms with E-state index >= 15 is 0 Å². The van der Waals surface area contributed by atoms with Crippen LogP contribution in [0, 0.1) is 11.7 Å². The average molecular weight is 455 g/mol. The molecule has 0 N–H and O–H groups in total. The van der Waals surface area contributed by atoms with Gasteiger partial charge in [-0.1, -0.05) is 12.2 Å². The van der Waals surface area contributed by atoms with E-state index in [1.165, 1.54) is 29.5 Å². The van der Waals surface area contributed by atoms with Crippen LogP contribution in [0.3, 0.4) is 0 Å². The number of nitrogens with zero attached hydrogens (tertiary/aromatic N) is 2. The summed E-state index contributed by atoms with van der Waals surface area (Å²) in [5, 5.41) is 0.737. The van der Waals surface area contributed by atoms with Crippen molar-refractivity contribution in [2.24, 2.45) is 5.92 Å². The van der Waals surface area contributed by atoms with Gasteiger partial charge in [0.1, 0.15) is 23.8 Å². The standard InChI is InChI=1S/C25H27FN2O3S/c1-25(2,3)31-24(29)28-20(13-17-7-8-18(26)14-22(17)28)15-30-21-11-9-19(10-12-21)27(4)23(32)16-5-6-16/h7-14,16H,5-6,15H2,1-4H3. The van der Waals surface area contributed by atoms with E-state index in [0.29, 0.717) is 22.9 Å².